The van der Waals surface area contributed by atoms with Gasteiger partial charge in [-0.15, -0.1) is 11.3 Å². The number of thiophene rings is 1. The van der Waals surface area contributed by atoms with Crippen LogP contribution >= 0.6 is 22.9 Å². The first-order valence-corrected chi connectivity index (χ1v) is 5.00. The molecule has 0 radical (unpaired) electrons. The molecule has 1 unspecified atom stereocenters. The Hall–Kier alpha value is -0.0900. The third-order valence-corrected chi connectivity index (χ3v) is 3.03. The smallest absolute Gasteiger partial charge is 0.0561 e. The largest absolute Gasteiger partial charge is 0.322 e. The van der Waals surface area contributed by atoms with Crippen molar-refractivity contribution in [2.75, 3.05) is 20.6 Å². The third-order valence-electron chi connectivity index (χ3n) is 1.54. The van der Waals surface area contributed by atoms with E-state index in [4.69, 9.17) is 17.3 Å². The van der Waals surface area contributed by atoms with Gasteiger partial charge in [0.25, 0.3) is 0 Å². The summed E-state index contributed by atoms with van der Waals surface area (Å²) in [6, 6.07) is 1.92. The second kappa shape index (κ2) is 4.23. The lowest BCUT2D eigenvalue weighted by Gasteiger charge is -2.15. The number of hydrogen-bond donors (Lipinski definition) is 1. The fraction of sp³-hybridized carbons (Fsp3) is 0.500. The number of likely N-dealkylation sites (N-methyl/N-ethyl adjacent to an activating group) is 1. The zero-order valence-corrected chi connectivity index (χ0v) is 8.82. The Morgan fingerprint density at radius 2 is 2.33 bits per heavy atom. The Morgan fingerprint density at radius 3 is 2.75 bits per heavy atom. The molecule has 1 aromatic heterocycles. The molecule has 4 heteroatoms. The third kappa shape index (κ3) is 2.45. The highest BCUT2D eigenvalue weighted by Gasteiger charge is 2.11. The van der Waals surface area contributed by atoms with E-state index >= 15 is 0 Å². The maximum atomic E-state index is 5.93. The highest BCUT2D eigenvalue weighted by molar-refractivity contribution is 7.10. The van der Waals surface area contributed by atoms with Crippen LogP contribution in [-0.2, 0) is 0 Å². The quantitative estimate of drug-likeness (QED) is 0.816. The predicted molar refractivity (Wildman–Crippen MR) is 54.8 cm³/mol. The molecular formula is C8H13ClN2S. The Morgan fingerprint density at radius 1 is 1.67 bits per heavy atom. The van der Waals surface area contributed by atoms with Gasteiger partial charge in [-0.3, -0.25) is 0 Å². The lowest BCUT2D eigenvalue weighted by molar-refractivity contribution is 0.379. The highest BCUT2D eigenvalue weighted by Crippen LogP contribution is 2.27. The van der Waals surface area contributed by atoms with Crippen molar-refractivity contribution in [3.05, 3.63) is 21.3 Å². The van der Waals surface area contributed by atoms with Crippen LogP contribution in [0, 0.1) is 0 Å². The molecule has 0 saturated carbocycles. The molecule has 0 saturated heterocycles. The summed E-state index contributed by atoms with van der Waals surface area (Å²) in [5, 5.41) is 2.75. The molecule has 0 spiro atoms. The fourth-order valence-corrected chi connectivity index (χ4v) is 2.24. The van der Waals surface area contributed by atoms with Crippen LogP contribution in [0.2, 0.25) is 5.02 Å². The first-order chi connectivity index (χ1) is 5.61. The summed E-state index contributed by atoms with van der Waals surface area (Å²) in [5.41, 5.74) is 5.93. The minimum absolute atomic E-state index is 0.0347. The lowest BCUT2D eigenvalue weighted by atomic mass is 10.2. The Balaban J connectivity index is 2.65. The van der Waals surface area contributed by atoms with E-state index in [1.54, 1.807) is 11.3 Å². The molecule has 0 bridgehead atoms. The maximum Gasteiger partial charge on any atom is 0.0561 e. The van der Waals surface area contributed by atoms with Crippen molar-refractivity contribution in [1.82, 2.24) is 4.90 Å². The number of nitrogens with two attached hydrogens (primary N) is 1. The Bertz CT molecular complexity index is 247. The minimum Gasteiger partial charge on any atom is -0.322 e. The molecule has 1 rings (SSSR count). The van der Waals surface area contributed by atoms with E-state index in [9.17, 15) is 0 Å². The molecule has 0 aliphatic heterocycles. The average molecular weight is 205 g/mol. The van der Waals surface area contributed by atoms with Crippen molar-refractivity contribution < 1.29 is 0 Å². The monoisotopic (exact) mass is 204 g/mol. The van der Waals surface area contributed by atoms with Gasteiger partial charge in [-0.1, -0.05) is 11.6 Å². The van der Waals surface area contributed by atoms with Gasteiger partial charge in [0.1, 0.15) is 0 Å². The predicted octanol–water partition coefficient (Wildman–Crippen LogP) is 1.96. The van der Waals surface area contributed by atoms with Crippen molar-refractivity contribution >= 4 is 22.9 Å². The van der Waals surface area contributed by atoms with Gasteiger partial charge in [0.15, 0.2) is 0 Å². The van der Waals surface area contributed by atoms with E-state index in [0.29, 0.717) is 0 Å². The van der Waals surface area contributed by atoms with Crippen molar-refractivity contribution in [3.63, 3.8) is 0 Å². The first kappa shape index (κ1) is 9.99. The van der Waals surface area contributed by atoms with Crippen LogP contribution < -0.4 is 5.73 Å². The van der Waals surface area contributed by atoms with E-state index < -0.39 is 0 Å². The van der Waals surface area contributed by atoms with Gasteiger partial charge in [0.2, 0.25) is 0 Å². The molecule has 1 atom stereocenters. The molecule has 0 aromatic carbocycles. The van der Waals surface area contributed by atoms with Crippen LogP contribution in [0.5, 0.6) is 0 Å². The van der Waals surface area contributed by atoms with Gasteiger partial charge in [-0.05, 0) is 25.5 Å². The Kier molecular flexibility index (Phi) is 3.53. The fourth-order valence-electron chi connectivity index (χ4n) is 1.05. The summed E-state index contributed by atoms with van der Waals surface area (Å²) < 4.78 is 0. The summed E-state index contributed by atoms with van der Waals surface area (Å²) in [6.45, 7) is 0.834. The van der Waals surface area contributed by atoms with Gasteiger partial charge < -0.3 is 10.6 Å². The normalized spacial score (nSPS) is 13.8. The number of halogens is 1. The summed E-state index contributed by atoms with van der Waals surface area (Å²) in [4.78, 5) is 3.13. The van der Waals surface area contributed by atoms with E-state index in [1.165, 1.54) is 0 Å². The summed E-state index contributed by atoms with van der Waals surface area (Å²) in [6.07, 6.45) is 0. The lowest BCUT2D eigenvalue weighted by Crippen LogP contribution is -2.25. The van der Waals surface area contributed by atoms with Crippen molar-refractivity contribution in [3.8, 4) is 0 Å². The summed E-state index contributed by atoms with van der Waals surface area (Å²) in [7, 11) is 4.00. The summed E-state index contributed by atoms with van der Waals surface area (Å²) >= 11 is 7.55. The second-order valence-electron chi connectivity index (χ2n) is 3.00. The van der Waals surface area contributed by atoms with Crippen molar-refractivity contribution in [2.24, 2.45) is 5.73 Å². The SMILES string of the molecule is CN(C)CC(N)c1sccc1Cl. The van der Waals surface area contributed by atoms with Gasteiger partial charge in [0, 0.05) is 11.4 Å². The van der Waals surface area contributed by atoms with Crippen LogP contribution in [0.15, 0.2) is 11.4 Å². The van der Waals surface area contributed by atoms with E-state index in [2.05, 4.69) is 4.90 Å². The van der Waals surface area contributed by atoms with Crippen molar-refractivity contribution in [2.45, 2.75) is 6.04 Å². The molecule has 12 heavy (non-hydrogen) atoms. The number of rotatable bonds is 3. The Labute approximate surface area is 81.9 Å². The number of hydrogen-bond acceptors (Lipinski definition) is 3. The molecule has 0 aliphatic rings. The standard InChI is InChI=1S/C8H13ClN2S/c1-11(2)5-7(10)8-6(9)3-4-12-8/h3-4,7H,5,10H2,1-2H3. The molecule has 68 valence electrons. The van der Waals surface area contributed by atoms with E-state index in [1.807, 2.05) is 25.5 Å². The molecule has 0 amide bonds. The van der Waals surface area contributed by atoms with Crippen LogP contribution in [0.3, 0.4) is 0 Å². The van der Waals surface area contributed by atoms with Gasteiger partial charge in [0.05, 0.1) is 11.1 Å². The zero-order chi connectivity index (χ0) is 9.14. The molecule has 1 heterocycles. The molecule has 2 nitrogen and oxygen atoms in total. The maximum absolute atomic E-state index is 5.93. The van der Waals surface area contributed by atoms with Crippen molar-refractivity contribution in [1.29, 1.82) is 0 Å². The van der Waals surface area contributed by atoms with Crippen LogP contribution in [-0.4, -0.2) is 25.5 Å². The van der Waals surface area contributed by atoms with Gasteiger partial charge in [-0.2, -0.15) is 0 Å². The molecular weight excluding hydrogens is 192 g/mol. The highest BCUT2D eigenvalue weighted by atomic mass is 35.5. The second-order valence-corrected chi connectivity index (χ2v) is 4.36. The van der Waals surface area contributed by atoms with Crippen LogP contribution in [0.1, 0.15) is 10.9 Å². The van der Waals surface area contributed by atoms with Gasteiger partial charge in [-0.25, -0.2) is 0 Å². The van der Waals surface area contributed by atoms with Crippen LogP contribution in [0.4, 0.5) is 0 Å². The van der Waals surface area contributed by atoms with E-state index in [0.717, 1.165) is 16.4 Å². The topological polar surface area (TPSA) is 29.3 Å². The minimum atomic E-state index is 0.0347. The summed E-state index contributed by atoms with van der Waals surface area (Å²) in [5.74, 6) is 0. The number of nitrogens with zero attached hydrogens (tertiary/aromatic N) is 1. The van der Waals surface area contributed by atoms with Gasteiger partial charge >= 0.3 is 0 Å². The average Bonchev–Trinajstić information content (AvgIpc) is 2.33. The van der Waals surface area contributed by atoms with E-state index in [-0.39, 0.29) is 6.04 Å². The molecule has 1 aromatic rings. The van der Waals surface area contributed by atoms with Crippen LogP contribution in [0.25, 0.3) is 0 Å². The molecule has 0 aliphatic carbocycles. The zero-order valence-electron chi connectivity index (χ0n) is 7.25. The molecule has 0 fully saturated rings. The first-order valence-electron chi connectivity index (χ1n) is 3.74. The molecule has 2 N–H and O–H groups in total.